The Bertz CT molecular complexity index is 103. The van der Waals surface area contributed by atoms with Crippen molar-refractivity contribution in [3.05, 3.63) is 0 Å². The molecule has 1 aliphatic rings. The number of nitrogens with one attached hydrogen (secondary N) is 1. The van der Waals surface area contributed by atoms with Crippen LogP contribution in [0.15, 0.2) is 0 Å². The van der Waals surface area contributed by atoms with E-state index in [0.717, 1.165) is 13.0 Å². The van der Waals surface area contributed by atoms with E-state index in [-0.39, 0.29) is 5.91 Å². The minimum atomic E-state index is -0.747. The van der Waals surface area contributed by atoms with E-state index in [4.69, 9.17) is 5.11 Å². The van der Waals surface area contributed by atoms with Gasteiger partial charge in [0.15, 0.2) is 0 Å². The van der Waals surface area contributed by atoms with E-state index in [1.165, 1.54) is 0 Å². The second-order valence-corrected chi connectivity index (χ2v) is 1.95. The van der Waals surface area contributed by atoms with Gasteiger partial charge in [-0.1, -0.05) is 0 Å². The van der Waals surface area contributed by atoms with Crippen molar-refractivity contribution >= 4 is 5.91 Å². The second kappa shape index (κ2) is 2.13. The minimum absolute atomic E-state index is 0.226. The van der Waals surface area contributed by atoms with Gasteiger partial charge in [-0.05, 0) is 12.8 Å². The lowest BCUT2D eigenvalue weighted by Gasteiger charge is -2.15. The third kappa shape index (κ3) is 0.980. The first-order valence-electron chi connectivity index (χ1n) is 2.76. The maximum Gasteiger partial charge on any atom is 0.248 e. The standard InChI is InChI=1S/C5H9NO2/c7-4-2-1-3-6-5(4)8/h4,7H,1-3H2,(H,6,8)/t4-/m0/s1. The average Bonchev–Trinajstić information content (AvgIpc) is 1.77. The summed E-state index contributed by atoms with van der Waals surface area (Å²) in [5.74, 6) is -0.226. The van der Waals surface area contributed by atoms with Gasteiger partial charge in [0.1, 0.15) is 6.10 Å². The van der Waals surface area contributed by atoms with Crippen molar-refractivity contribution in [3.8, 4) is 0 Å². The Balaban J connectivity index is 2.39. The third-order valence-electron chi connectivity index (χ3n) is 1.26. The fraction of sp³-hybridized carbons (Fsp3) is 0.800. The molecule has 1 heterocycles. The van der Waals surface area contributed by atoms with Crippen LogP contribution in [0, 0.1) is 0 Å². The highest BCUT2D eigenvalue weighted by molar-refractivity contribution is 5.80. The lowest BCUT2D eigenvalue weighted by molar-refractivity contribution is -0.131. The average molecular weight is 115 g/mol. The van der Waals surface area contributed by atoms with Crippen LogP contribution in [-0.4, -0.2) is 23.7 Å². The lowest BCUT2D eigenvalue weighted by Crippen LogP contribution is -2.39. The van der Waals surface area contributed by atoms with Gasteiger partial charge in [-0.3, -0.25) is 4.79 Å². The van der Waals surface area contributed by atoms with Gasteiger partial charge >= 0.3 is 0 Å². The summed E-state index contributed by atoms with van der Waals surface area (Å²) in [5, 5.41) is 11.3. The topological polar surface area (TPSA) is 49.3 Å². The first-order chi connectivity index (χ1) is 3.80. The van der Waals surface area contributed by atoms with E-state index in [9.17, 15) is 4.79 Å². The van der Waals surface area contributed by atoms with E-state index in [1.807, 2.05) is 0 Å². The molecule has 0 unspecified atom stereocenters. The molecule has 0 spiro atoms. The Kier molecular flexibility index (Phi) is 1.48. The summed E-state index contributed by atoms with van der Waals surface area (Å²) in [5.41, 5.74) is 0. The molecule has 0 aromatic carbocycles. The van der Waals surface area contributed by atoms with Crippen LogP contribution >= 0.6 is 0 Å². The molecule has 1 atom stereocenters. The van der Waals surface area contributed by atoms with Crippen LogP contribution < -0.4 is 5.32 Å². The van der Waals surface area contributed by atoms with Crippen molar-refractivity contribution < 1.29 is 9.90 Å². The molecule has 1 saturated heterocycles. The molecule has 46 valence electrons. The first-order valence-corrected chi connectivity index (χ1v) is 2.76. The predicted molar refractivity (Wildman–Crippen MR) is 28.3 cm³/mol. The van der Waals surface area contributed by atoms with Gasteiger partial charge < -0.3 is 10.4 Å². The minimum Gasteiger partial charge on any atom is -0.383 e. The summed E-state index contributed by atoms with van der Waals surface area (Å²) in [6.45, 7) is 0.718. The molecule has 1 aliphatic heterocycles. The van der Waals surface area contributed by atoms with Crippen molar-refractivity contribution in [2.75, 3.05) is 6.54 Å². The summed E-state index contributed by atoms with van der Waals surface area (Å²) >= 11 is 0. The van der Waals surface area contributed by atoms with Gasteiger partial charge in [-0.15, -0.1) is 0 Å². The zero-order chi connectivity index (χ0) is 5.98. The number of carbonyl (C=O) groups is 1. The zero-order valence-electron chi connectivity index (χ0n) is 4.55. The molecule has 8 heavy (non-hydrogen) atoms. The number of hydrogen-bond acceptors (Lipinski definition) is 2. The fourth-order valence-corrected chi connectivity index (χ4v) is 0.756. The number of aliphatic hydroxyl groups is 1. The van der Waals surface area contributed by atoms with Gasteiger partial charge in [-0.25, -0.2) is 0 Å². The van der Waals surface area contributed by atoms with E-state index in [1.54, 1.807) is 0 Å². The number of rotatable bonds is 0. The molecule has 0 saturated carbocycles. The van der Waals surface area contributed by atoms with Crippen molar-refractivity contribution in [1.29, 1.82) is 0 Å². The molecule has 0 aromatic heterocycles. The van der Waals surface area contributed by atoms with E-state index in [0.29, 0.717) is 6.42 Å². The monoisotopic (exact) mass is 115 g/mol. The third-order valence-corrected chi connectivity index (χ3v) is 1.26. The Labute approximate surface area is 47.7 Å². The Morgan fingerprint density at radius 3 is 2.88 bits per heavy atom. The Hall–Kier alpha value is -0.570. The van der Waals surface area contributed by atoms with Gasteiger partial charge in [-0.2, -0.15) is 0 Å². The van der Waals surface area contributed by atoms with Crippen molar-refractivity contribution in [2.24, 2.45) is 0 Å². The van der Waals surface area contributed by atoms with Crippen molar-refractivity contribution in [1.82, 2.24) is 5.32 Å². The van der Waals surface area contributed by atoms with Crippen molar-refractivity contribution in [3.63, 3.8) is 0 Å². The lowest BCUT2D eigenvalue weighted by atomic mass is 10.1. The highest BCUT2D eigenvalue weighted by Gasteiger charge is 2.17. The maximum atomic E-state index is 10.4. The van der Waals surface area contributed by atoms with Crippen LogP contribution in [0.1, 0.15) is 12.8 Å². The molecule has 3 heteroatoms. The summed E-state index contributed by atoms with van der Waals surface area (Å²) in [7, 11) is 0. The second-order valence-electron chi connectivity index (χ2n) is 1.95. The molecule has 0 aliphatic carbocycles. The van der Waals surface area contributed by atoms with Gasteiger partial charge in [0, 0.05) is 6.54 Å². The number of aliphatic hydroxyl groups excluding tert-OH is 1. The van der Waals surface area contributed by atoms with Crippen LogP contribution in [0.4, 0.5) is 0 Å². The van der Waals surface area contributed by atoms with Gasteiger partial charge in [0.25, 0.3) is 0 Å². The summed E-state index contributed by atoms with van der Waals surface area (Å²) in [6, 6.07) is 0. The molecule has 1 amide bonds. The SMILES string of the molecule is O=C1NCCC[C@@H]1O. The molecular weight excluding hydrogens is 106 g/mol. The molecule has 3 nitrogen and oxygen atoms in total. The number of amides is 1. The largest absolute Gasteiger partial charge is 0.383 e. The molecule has 0 radical (unpaired) electrons. The number of carbonyl (C=O) groups excluding carboxylic acids is 1. The van der Waals surface area contributed by atoms with E-state index >= 15 is 0 Å². The van der Waals surface area contributed by atoms with Crippen LogP contribution in [0.3, 0.4) is 0 Å². The summed E-state index contributed by atoms with van der Waals surface area (Å²) < 4.78 is 0. The highest BCUT2D eigenvalue weighted by atomic mass is 16.3. The zero-order valence-corrected chi connectivity index (χ0v) is 4.55. The quantitative estimate of drug-likeness (QED) is 0.436. The van der Waals surface area contributed by atoms with Crippen LogP contribution in [0.2, 0.25) is 0 Å². The Morgan fingerprint density at radius 1 is 1.75 bits per heavy atom. The molecule has 2 N–H and O–H groups in total. The van der Waals surface area contributed by atoms with Crippen LogP contribution in [0.5, 0.6) is 0 Å². The molecule has 1 fully saturated rings. The molecular formula is C5H9NO2. The fourth-order valence-electron chi connectivity index (χ4n) is 0.756. The van der Waals surface area contributed by atoms with Crippen LogP contribution in [-0.2, 0) is 4.79 Å². The summed E-state index contributed by atoms with van der Waals surface area (Å²) in [6.07, 6.45) is 0.766. The molecule has 1 rings (SSSR count). The smallest absolute Gasteiger partial charge is 0.248 e. The van der Waals surface area contributed by atoms with E-state index in [2.05, 4.69) is 5.32 Å². The first kappa shape index (κ1) is 5.56. The number of hydrogen-bond donors (Lipinski definition) is 2. The summed E-state index contributed by atoms with van der Waals surface area (Å²) in [4.78, 5) is 10.4. The molecule has 0 bridgehead atoms. The van der Waals surface area contributed by atoms with E-state index < -0.39 is 6.10 Å². The van der Waals surface area contributed by atoms with Gasteiger partial charge in [0.05, 0.1) is 0 Å². The highest BCUT2D eigenvalue weighted by Crippen LogP contribution is 2.00. The normalized spacial score (nSPS) is 29.6. The number of piperidine rings is 1. The Morgan fingerprint density at radius 2 is 2.50 bits per heavy atom. The van der Waals surface area contributed by atoms with Crippen molar-refractivity contribution in [2.45, 2.75) is 18.9 Å². The molecule has 0 aromatic rings. The van der Waals surface area contributed by atoms with Gasteiger partial charge in [0.2, 0.25) is 5.91 Å². The maximum absolute atomic E-state index is 10.4. The predicted octanol–water partition coefficient (Wildman–Crippen LogP) is -0.743. The van der Waals surface area contributed by atoms with Crippen LogP contribution in [0.25, 0.3) is 0 Å².